The van der Waals surface area contributed by atoms with E-state index in [9.17, 15) is 5.11 Å². The summed E-state index contributed by atoms with van der Waals surface area (Å²) in [6.45, 7) is 6.24. The first kappa shape index (κ1) is 22.6. The molecular weight excluding hydrogens is 508 g/mol. The molecule has 5 rings (SSSR count). The minimum atomic E-state index is -0.129. The lowest BCUT2D eigenvalue weighted by molar-refractivity contribution is 0.471. The number of thiocarbonyl (C=S) groups is 1. The highest BCUT2D eigenvalue weighted by atomic mass is 79.9. The van der Waals surface area contributed by atoms with Gasteiger partial charge in [0.2, 0.25) is 0 Å². The number of anilines is 1. The quantitative estimate of drug-likeness (QED) is 0.296. The predicted molar refractivity (Wildman–Crippen MR) is 144 cm³/mol. The van der Waals surface area contributed by atoms with Crippen molar-refractivity contribution in [3.8, 4) is 11.4 Å². The van der Waals surface area contributed by atoms with Crippen molar-refractivity contribution >= 4 is 38.9 Å². The van der Waals surface area contributed by atoms with E-state index in [2.05, 4.69) is 80.7 Å². The molecule has 0 saturated carbocycles. The fourth-order valence-electron chi connectivity index (χ4n) is 4.84. The lowest BCUT2D eigenvalue weighted by atomic mass is 9.96. The number of hydrogen-bond donors (Lipinski definition) is 2. The van der Waals surface area contributed by atoms with Crippen LogP contribution in [0.25, 0.3) is 5.69 Å². The zero-order chi connectivity index (χ0) is 24.0. The molecule has 2 aromatic carbocycles. The van der Waals surface area contributed by atoms with Crippen molar-refractivity contribution in [2.45, 2.75) is 32.9 Å². The Kier molecular flexibility index (Phi) is 5.91. The van der Waals surface area contributed by atoms with Gasteiger partial charge in [-0.3, -0.25) is 4.98 Å². The van der Waals surface area contributed by atoms with Crippen LogP contribution in [0.3, 0.4) is 0 Å². The van der Waals surface area contributed by atoms with Gasteiger partial charge in [-0.15, -0.1) is 0 Å². The number of halogens is 1. The monoisotopic (exact) mass is 532 g/mol. The number of para-hydroxylation sites is 2. The van der Waals surface area contributed by atoms with Gasteiger partial charge in [0.1, 0.15) is 5.75 Å². The smallest absolute Gasteiger partial charge is 0.174 e. The maximum absolute atomic E-state index is 10.6. The van der Waals surface area contributed by atoms with Crippen molar-refractivity contribution in [2.75, 3.05) is 4.90 Å². The highest BCUT2D eigenvalue weighted by Gasteiger charge is 2.42. The van der Waals surface area contributed by atoms with Crippen LogP contribution in [0.2, 0.25) is 0 Å². The average molecular weight is 533 g/mol. The highest BCUT2D eigenvalue weighted by Crippen LogP contribution is 2.44. The fraction of sp³-hybridized carbons (Fsp3) is 0.185. The number of phenols is 1. The molecule has 5 nitrogen and oxygen atoms in total. The maximum atomic E-state index is 10.6. The summed E-state index contributed by atoms with van der Waals surface area (Å²) in [5.41, 5.74) is 7.07. The molecule has 0 unspecified atom stereocenters. The summed E-state index contributed by atoms with van der Waals surface area (Å²) in [6.07, 6.45) is 1.81. The molecule has 0 spiro atoms. The molecule has 2 atom stereocenters. The fourth-order valence-corrected chi connectivity index (χ4v) is 5.43. The molecule has 0 bridgehead atoms. The lowest BCUT2D eigenvalue weighted by Crippen LogP contribution is -2.29. The Morgan fingerprint density at radius 3 is 2.47 bits per heavy atom. The summed E-state index contributed by atoms with van der Waals surface area (Å²) in [5.74, 6) is 0.248. The van der Waals surface area contributed by atoms with E-state index in [0.717, 1.165) is 44.1 Å². The van der Waals surface area contributed by atoms with E-state index in [4.69, 9.17) is 12.2 Å². The second-order valence-corrected chi connectivity index (χ2v) is 9.82. The molecule has 34 heavy (non-hydrogen) atoms. The van der Waals surface area contributed by atoms with Crippen LogP contribution in [-0.2, 0) is 0 Å². The first-order valence-electron chi connectivity index (χ1n) is 11.1. The topological polar surface area (TPSA) is 53.3 Å². The standard InChI is InChI=1S/C27H25BrN4OS/c1-16-14-19(11-12-21(16)28)32-26(25(30-27(32)34)22-8-6-7-13-29-22)20-15-17(2)31(18(20)3)23-9-4-5-10-24(23)33/h4-15,25-26,33H,1-3H3,(H,30,34)/t25-,26+/m1/s1. The molecule has 4 aromatic rings. The van der Waals surface area contributed by atoms with Crippen molar-refractivity contribution < 1.29 is 5.11 Å². The van der Waals surface area contributed by atoms with E-state index in [1.807, 2.05) is 42.6 Å². The second-order valence-electron chi connectivity index (χ2n) is 8.58. The molecule has 1 saturated heterocycles. The maximum Gasteiger partial charge on any atom is 0.174 e. The van der Waals surface area contributed by atoms with Crippen LogP contribution in [0.5, 0.6) is 5.75 Å². The van der Waals surface area contributed by atoms with Crippen molar-refractivity contribution in [3.63, 3.8) is 0 Å². The van der Waals surface area contributed by atoms with E-state index < -0.39 is 0 Å². The van der Waals surface area contributed by atoms with Crippen LogP contribution in [0.15, 0.2) is 77.4 Å². The third kappa shape index (κ3) is 3.79. The van der Waals surface area contributed by atoms with Gasteiger partial charge in [-0.05, 0) is 92.6 Å². The second kappa shape index (κ2) is 8.89. The van der Waals surface area contributed by atoms with Crippen LogP contribution in [0.4, 0.5) is 5.69 Å². The lowest BCUT2D eigenvalue weighted by Gasteiger charge is -2.28. The molecular formula is C27H25BrN4OS. The van der Waals surface area contributed by atoms with Crippen LogP contribution in [0.1, 0.15) is 40.3 Å². The molecule has 172 valence electrons. The number of aromatic hydroxyl groups is 1. The van der Waals surface area contributed by atoms with Crippen LogP contribution in [-0.4, -0.2) is 19.8 Å². The third-order valence-corrected chi connectivity index (χ3v) is 7.63. The van der Waals surface area contributed by atoms with Crippen molar-refractivity contribution in [2.24, 2.45) is 0 Å². The molecule has 3 heterocycles. The van der Waals surface area contributed by atoms with Gasteiger partial charge in [-0.2, -0.15) is 0 Å². The zero-order valence-electron chi connectivity index (χ0n) is 19.2. The van der Waals surface area contributed by atoms with Gasteiger partial charge in [-0.25, -0.2) is 0 Å². The van der Waals surface area contributed by atoms with Crippen molar-refractivity contribution in [1.82, 2.24) is 14.9 Å². The summed E-state index contributed by atoms with van der Waals surface area (Å²) < 4.78 is 3.16. The first-order valence-corrected chi connectivity index (χ1v) is 12.3. The number of phenolic OH excluding ortho intramolecular Hbond substituents is 1. The van der Waals surface area contributed by atoms with Crippen LogP contribution < -0.4 is 10.2 Å². The minimum Gasteiger partial charge on any atom is -0.506 e. The summed E-state index contributed by atoms with van der Waals surface area (Å²) in [5, 5.41) is 14.8. The Balaban J connectivity index is 1.70. The van der Waals surface area contributed by atoms with Gasteiger partial charge in [0.05, 0.1) is 23.5 Å². The van der Waals surface area contributed by atoms with E-state index >= 15 is 0 Å². The normalized spacial score (nSPS) is 17.8. The van der Waals surface area contributed by atoms with Gasteiger partial charge in [-0.1, -0.05) is 34.1 Å². The molecule has 1 fully saturated rings. The number of rotatable bonds is 4. The van der Waals surface area contributed by atoms with Crippen LogP contribution >= 0.6 is 28.1 Å². The highest BCUT2D eigenvalue weighted by molar-refractivity contribution is 9.10. The van der Waals surface area contributed by atoms with Gasteiger partial charge in [0, 0.05) is 27.7 Å². The largest absolute Gasteiger partial charge is 0.506 e. The van der Waals surface area contributed by atoms with E-state index in [-0.39, 0.29) is 17.8 Å². The SMILES string of the molecule is Cc1cc(N2C(=S)N[C@H](c3ccccn3)[C@@H]2c2cc(C)n(-c3ccccc3O)c2C)ccc1Br. The Labute approximate surface area is 213 Å². The van der Waals surface area contributed by atoms with Gasteiger partial charge in [0.15, 0.2) is 5.11 Å². The van der Waals surface area contributed by atoms with E-state index in [1.54, 1.807) is 6.07 Å². The predicted octanol–water partition coefficient (Wildman–Crippen LogP) is 6.44. The number of nitrogens with zero attached hydrogens (tertiary/aromatic N) is 3. The van der Waals surface area contributed by atoms with Crippen molar-refractivity contribution in [1.29, 1.82) is 0 Å². The minimum absolute atomic E-state index is 0.117. The molecule has 0 amide bonds. The van der Waals surface area contributed by atoms with Gasteiger partial charge >= 0.3 is 0 Å². The Morgan fingerprint density at radius 2 is 1.76 bits per heavy atom. The summed E-state index contributed by atoms with van der Waals surface area (Å²) in [4.78, 5) is 6.84. The number of aryl methyl sites for hydroxylation is 2. The van der Waals surface area contributed by atoms with E-state index in [0.29, 0.717) is 5.11 Å². The number of benzene rings is 2. The Hall–Kier alpha value is -3.16. The molecule has 2 aromatic heterocycles. The summed E-state index contributed by atoms with van der Waals surface area (Å²) >= 11 is 9.49. The molecule has 0 radical (unpaired) electrons. The van der Waals surface area contributed by atoms with Gasteiger partial charge in [0.25, 0.3) is 0 Å². The molecule has 1 aliphatic rings. The zero-order valence-corrected chi connectivity index (χ0v) is 21.6. The number of nitrogens with one attached hydrogen (secondary N) is 1. The Bertz CT molecular complexity index is 1380. The molecule has 7 heteroatoms. The van der Waals surface area contributed by atoms with E-state index in [1.165, 1.54) is 0 Å². The third-order valence-electron chi connectivity index (χ3n) is 6.43. The molecule has 2 N–H and O–H groups in total. The summed E-state index contributed by atoms with van der Waals surface area (Å²) in [6, 6.07) is 21.6. The van der Waals surface area contributed by atoms with Crippen molar-refractivity contribution in [3.05, 3.63) is 106 Å². The number of pyridine rings is 1. The molecule has 0 aliphatic carbocycles. The summed E-state index contributed by atoms with van der Waals surface area (Å²) in [7, 11) is 0. The van der Waals surface area contributed by atoms with Gasteiger partial charge < -0.3 is 19.9 Å². The van der Waals surface area contributed by atoms with Crippen LogP contribution in [0, 0.1) is 20.8 Å². The number of hydrogen-bond acceptors (Lipinski definition) is 3. The first-order chi connectivity index (χ1) is 16.4. The molecule has 1 aliphatic heterocycles. The number of aromatic nitrogens is 2. The average Bonchev–Trinajstić information content (AvgIpc) is 3.32. The Morgan fingerprint density at radius 1 is 1.00 bits per heavy atom.